The molecule has 0 radical (unpaired) electrons. The fourth-order valence-corrected chi connectivity index (χ4v) is 2.30. The summed E-state index contributed by atoms with van der Waals surface area (Å²) < 4.78 is 13.2. The molecule has 0 saturated carbocycles. The van der Waals surface area contributed by atoms with E-state index in [9.17, 15) is 9.18 Å². The summed E-state index contributed by atoms with van der Waals surface area (Å²) in [6.07, 6.45) is 0. The fraction of sp³-hybridized carbons (Fsp3) is 0.133. The number of nitrogen functional groups attached to an aromatic ring is 1. The second kappa shape index (κ2) is 6.43. The lowest BCUT2D eigenvalue weighted by molar-refractivity contribution is -0.113. The number of nitrogens with two attached hydrogens (primary N) is 1. The second-order valence-corrected chi connectivity index (χ2v) is 5.43. The maximum atomic E-state index is 13.2. The Bertz CT molecular complexity index is 614. The van der Waals surface area contributed by atoms with Crippen LogP contribution in [0.5, 0.6) is 0 Å². The number of carbonyl (C=O) groups excluding carboxylic acids is 1. The van der Waals surface area contributed by atoms with E-state index in [1.165, 1.54) is 23.9 Å². The lowest BCUT2D eigenvalue weighted by Gasteiger charge is -2.06. The molecule has 0 bridgehead atoms. The highest BCUT2D eigenvalue weighted by Gasteiger charge is 2.05. The third-order valence-electron chi connectivity index (χ3n) is 2.68. The van der Waals surface area contributed by atoms with Crippen molar-refractivity contribution >= 4 is 29.0 Å². The molecule has 0 aliphatic rings. The minimum absolute atomic E-state index is 0.110. The predicted octanol–water partition coefficient (Wildman–Crippen LogP) is 3.45. The molecule has 1 amide bonds. The van der Waals surface area contributed by atoms with Gasteiger partial charge in [0.1, 0.15) is 5.82 Å². The molecule has 20 heavy (non-hydrogen) atoms. The van der Waals surface area contributed by atoms with Crippen LogP contribution in [0, 0.1) is 12.7 Å². The number of anilines is 2. The number of carbonyl (C=O) groups is 1. The molecule has 0 aliphatic carbocycles. The molecule has 104 valence electrons. The van der Waals surface area contributed by atoms with Gasteiger partial charge in [-0.15, -0.1) is 11.8 Å². The molecule has 0 atom stereocenters. The number of hydrogen-bond acceptors (Lipinski definition) is 3. The summed E-state index contributed by atoms with van der Waals surface area (Å²) in [5.74, 6) is -0.373. The number of hydrogen-bond donors (Lipinski definition) is 2. The van der Waals surface area contributed by atoms with Crippen LogP contribution >= 0.6 is 11.8 Å². The number of halogens is 1. The number of amides is 1. The van der Waals surface area contributed by atoms with Crippen LogP contribution in [0.2, 0.25) is 0 Å². The van der Waals surface area contributed by atoms with Crippen molar-refractivity contribution in [1.82, 2.24) is 0 Å². The van der Waals surface area contributed by atoms with E-state index in [0.717, 1.165) is 11.3 Å². The predicted molar refractivity (Wildman–Crippen MR) is 81.3 cm³/mol. The first-order valence-electron chi connectivity index (χ1n) is 6.09. The molecule has 0 heterocycles. The van der Waals surface area contributed by atoms with Gasteiger partial charge in [-0.2, -0.15) is 0 Å². The minimum Gasteiger partial charge on any atom is -0.396 e. The van der Waals surface area contributed by atoms with E-state index < -0.39 is 5.82 Å². The largest absolute Gasteiger partial charge is 0.396 e. The van der Waals surface area contributed by atoms with Gasteiger partial charge in [0.15, 0.2) is 0 Å². The highest BCUT2D eigenvalue weighted by atomic mass is 32.2. The third kappa shape index (κ3) is 3.99. The van der Waals surface area contributed by atoms with Gasteiger partial charge in [0.2, 0.25) is 5.91 Å². The Hall–Kier alpha value is -2.01. The number of rotatable bonds is 4. The summed E-state index contributed by atoms with van der Waals surface area (Å²) in [5, 5.41) is 2.79. The zero-order chi connectivity index (χ0) is 14.5. The quantitative estimate of drug-likeness (QED) is 0.670. The van der Waals surface area contributed by atoms with E-state index in [0.29, 0.717) is 4.90 Å². The van der Waals surface area contributed by atoms with E-state index in [4.69, 9.17) is 5.73 Å². The highest BCUT2D eigenvalue weighted by molar-refractivity contribution is 8.00. The van der Waals surface area contributed by atoms with E-state index in [-0.39, 0.29) is 17.3 Å². The van der Waals surface area contributed by atoms with Crippen molar-refractivity contribution < 1.29 is 9.18 Å². The summed E-state index contributed by atoms with van der Waals surface area (Å²) in [6.45, 7) is 1.98. The average Bonchev–Trinajstić information content (AvgIpc) is 2.43. The summed E-state index contributed by atoms with van der Waals surface area (Å²) in [4.78, 5) is 12.4. The molecule has 2 aromatic rings. The second-order valence-electron chi connectivity index (χ2n) is 4.39. The summed E-state index contributed by atoms with van der Waals surface area (Å²) in [6, 6.07) is 12.1. The molecular weight excluding hydrogens is 275 g/mol. The number of aryl methyl sites for hydroxylation is 1. The molecule has 0 fully saturated rings. The van der Waals surface area contributed by atoms with Crippen molar-refractivity contribution in [1.29, 1.82) is 0 Å². The maximum absolute atomic E-state index is 13.2. The SMILES string of the molecule is Cc1ccc(NC(=O)CSc2ccc(N)c(F)c2)cc1. The van der Waals surface area contributed by atoms with Crippen LogP contribution in [0.1, 0.15) is 5.56 Å². The van der Waals surface area contributed by atoms with Crippen molar-refractivity contribution in [3.8, 4) is 0 Å². The third-order valence-corrected chi connectivity index (χ3v) is 3.67. The van der Waals surface area contributed by atoms with Crippen LogP contribution in [-0.2, 0) is 4.79 Å². The summed E-state index contributed by atoms with van der Waals surface area (Å²) in [7, 11) is 0. The van der Waals surface area contributed by atoms with Crippen LogP contribution in [0.3, 0.4) is 0 Å². The first-order chi connectivity index (χ1) is 9.54. The Labute approximate surface area is 121 Å². The molecule has 3 nitrogen and oxygen atoms in total. The van der Waals surface area contributed by atoms with E-state index in [2.05, 4.69) is 5.32 Å². The summed E-state index contributed by atoms with van der Waals surface area (Å²) in [5.41, 5.74) is 7.39. The summed E-state index contributed by atoms with van der Waals surface area (Å²) >= 11 is 1.27. The Morgan fingerprint density at radius 1 is 1.25 bits per heavy atom. The van der Waals surface area contributed by atoms with Gasteiger partial charge in [0.25, 0.3) is 0 Å². The zero-order valence-electron chi connectivity index (χ0n) is 11.0. The van der Waals surface area contributed by atoms with Gasteiger partial charge in [-0.3, -0.25) is 4.79 Å². The Balaban J connectivity index is 1.88. The number of nitrogens with one attached hydrogen (secondary N) is 1. The van der Waals surface area contributed by atoms with E-state index in [1.54, 1.807) is 6.07 Å². The van der Waals surface area contributed by atoms with Crippen LogP contribution in [0.15, 0.2) is 47.4 Å². The van der Waals surface area contributed by atoms with E-state index in [1.807, 2.05) is 31.2 Å². The lowest BCUT2D eigenvalue weighted by atomic mass is 10.2. The normalized spacial score (nSPS) is 10.3. The Morgan fingerprint density at radius 3 is 2.60 bits per heavy atom. The standard InChI is InChI=1S/C15H15FN2OS/c1-10-2-4-11(5-3-10)18-15(19)9-20-12-6-7-14(17)13(16)8-12/h2-8H,9,17H2,1H3,(H,18,19). The Kier molecular flexibility index (Phi) is 4.63. The maximum Gasteiger partial charge on any atom is 0.234 e. The molecule has 2 aromatic carbocycles. The van der Waals surface area contributed by atoms with Crippen molar-refractivity contribution in [2.75, 3.05) is 16.8 Å². The van der Waals surface area contributed by atoms with Gasteiger partial charge < -0.3 is 11.1 Å². The van der Waals surface area contributed by atoms with E-state index >= 15 is 0 Å². The zero-order valence-corrected chi connectivity index (χ0v) is 11.8. The topological polar surface area (TPSA) is 55.1 Å². The molecule has 0 spiro atoms. The van der Waals surface area contributed by atoms with Crippen molar-refractivity contribution in [2.24, 2.45) is 0 Å². The molecule has 0 saturated heterocycles. The first-order valence-corrected chi connectivity index (χ1v) is 7.07. The average molecular weight is 290 g/mol. The molecule has 5 heteroatoms. The van der Waals surface area contributed by atoms with Gasteiger partial charge in [0.05, 0.1) is 11.4 Å². The number of benzene rings is 2. The fourth-order valence-electron chi connectivity index (χ4n) is 1.58. The van der Waals surface area contributed by atoms with Gasteiger partial charge in [0, 0.05) is 10.6 Å². The van der Waals surface area contributed by atoms with Crippen molar-refractivity contribution in [2.45, 2.75) is 11.8 Å². The van der Waals surface area contributed by atoms with Crippen LogP contribution in [0.25, 0.3) is 0 Å². The molecule has 3 N–H and O–H groups in total. The van der Waals surface area contributed by atoms with Gasteiger partial charge in [-0.1, -0.05) is 17.7 Å². The number of thioether (sulfide) groups is 1. The monoisotopic (exact) mass is 290 g/mol. The molecule has 2 rings (SSSR count). The smallest absolute Gasteiger partial charge is 0.234 e. The Morgan fingerprint density at radius 2 is 1.95 bits per heavy atom. The lowest BCUT2D eigenvalue weighted by Crippen LogP contribution is -2.13. The highest BCUT2D eigenvalue weighted by Crippen LogP contribution is 2.22. The van der Waals surface area contributed by atoms with Crippen LogP contribution in [0.4, 0.5) is 15.8 Å². The molecule has 0 unspecified atom stereocenters. The van der Waals surface area contributed by atoms with Gasteiger partial charge in [-0.25, -0.2) is 4.39 Å². The molecule has 0 aromatic heterocycles. The first kappa shape index (κ1) is 14.4. The van der Waals surface area contributed by atoms with Crippen LogP contribution in [-0.4, -0.2) is 11.7 Å². The van der Waals surface area contributed by atoms with Gasteiger partial charge >= 0.3 is 0 Å². The van der Waals surface area contributed by atoms with Crippen molar-refractivity contribution in [3.05, 3.63) is 53.8 Å². The van der Waals surface area contributed by atoms with Crippen molar-refractivity contribution in [3.63, 3.8) is 0 Å². The van der Waals surface area contributed by atoms with Gasteiger partial charge in [-0.05, 0) is 37.3 Å². The molecular formula is C15H15FN2OS. The minimum atomic E-state index is -0.464. The van der Waals surface area contributed by atoms with Crippen LogP contribution < -0.4 is 11.1 Å². The molecule has 0 aliphatic heterocycles.